The predicted molar refractivity (Wildman–Crippen MR) is 82.3 cm³/mol. The zero-order chi connectivity index (χ0) is 14.5. The van der Waals surface area contributed by atoms with Crippen LogP contribution in [0.4, 0.5) is 0 Å². The molecule has 20 heavy (non-hydrogen) atoms. The number of carbonyl (C=O) groups is 1. The molecule has 2 aliphatic rings. The predicted octanol–water partition coefficient (Wildman–Crippen LogP) is 2.75. The molecule has 1 aliphatic carbocycles. The normalized spacial score (nSPS) is 24.5. The van der Waals surface area contributed by atoms with Gasteiger partial charge in [0.2, 0.25) is 0 Å². The van der Waals surface area contributed by atoms with E-state index in [1.807, 2.05) is 13.0 Å². The van der Waals surface area contributed by atoms with Gasteiger partial charge in [-0.25, -0.2) is 4.99 Å². The lowest BCUT2D eigenvalue weighted by molar-refractivity contribution is -0.121. The van der Waals surface area contributed by atoms with Crippen LogP contribution in [-0.2, 0) is 4.79 Å². The average molecular weight is 273 g/mol. The third-order valence-corrected chi connectivity index (χ3v) is 3.84. The Morgan fingerprint density at radius 1 is 1.40 bits per heavy atom. The SMILES string of the molecule is C=C(/N=C1\C(=C/C)C=CC(=O)N1C)NC1CCCCC1. The highest BCUT2D eigenvalue weighted by atomic mass is 16.2. The van der Waals surface area contributed by atoms with E-state index < -0.39 is 0 Å². The number of amidine groups is 1. The minimum Gasteiger partial charge on any atom is -0.368 e. The number of carbonyl (C=O) groups excluding carboxylic acids is 1. The molecule has 1 saturated carbocycles. The molecule has 0 spiro atoms. The third-order valence-electron chi connectivity index (χ3n) is 3.84. The highest BCUT2D eigenvalue weighted by molar-refractivity contribution is 6.15. The average Bonchev–Trinajstić information content (AvgIpc) is 2.45. The highest BCUT2D eigenvalue weighted by Gasteiger charge is 2.20. The molecule has 1 aliphatic heterocycles. The molecule has 4 nitrogen and oxygen atoms in total. The first-order chi connectivity index (χ1) is 9.61. The minimum atomic E-state index is -0.0557. The summed E-state index contributed by atoms with van der Waals surface area (Å²) in [5.41, 5.74) is 0.943. The van der Waals surface area contributed by atoms with E-state index in [1.54, 1.807) is 24.1 Å². The van der Waals surface area contributed by atoms with Gasteiger partial charge in [0.15, 0.2) is 0 Å². The Balaban J connectivity index is 2.09. The fraction of sp³-hybridized carbons (Fsp3) is 0.500. The van der Waals surface area contributed by atoms with Gasteiger partial charge in [-0.15, -0.1) is 0 Å². The summed E-state index contributed by atoms with van der Waals surface area (Å²) >= 11 is 0. The highest BCUT2D eigenvalue weighted by Crippen LogP contribution is 2.19. The number of allylic oxidation sites excluding steroid dienone is 1. The Morgan fingerprint density at radius 3 is 2.75 bits per heavy atom. The smallest absolute Gasteiger partial charge is 0.251 e. The number of amides is 1. The second-order valence-corrected chi connectivity index (χ2v) is 5.34. The Labute approximate surface area is 120 Å². The van der Waals surface area contributed by atoms with Gasteiger partial charge in [0.25, 0.3) is 5.91 Å². The zero-order valence-corrected chi connectivity index (χ0v) is 12.4. The van der Waals surface area contributed by atoms with Gasteiger partial charge < -0.3 is 5.32 Å². The molecule has 1 amide bonds. The summed E-state index contributed by atoms with van der Waals surface area (Å²) in [7, 11) is 1.74. The van der Waals surface area contributed by atoms with Gasteiger partial charge in [0.05, 0.1) is 0 Å². The molecule has 0 bridgehead atoms. The molecule has 0 saturated heterocycles. The first-order valence-corrected chi connectivity index (χ1v) is 7.28. The largest absolute Gasteiger partial charge is 0.368 e. The van der Waals surface area contributed by atoms with Crippen molar-refractivity contribution in [3.8, 4) is 0 Å². The monoisotopic (exact) mass is 273 g/mol. The van der Waals surface area contributed by atoms with Crippen molar-refractivity contribution < 1.29 is 4.79 Å². The molecule has 108 valence electrons. The minimum absolute atomic E-state index is 0.0557. The molecule has 1 fully saturated rings. The van der Waals surface area contributed by atoms with Crippen LogP contribution in [0.2, 0.25) is 0 Å². The molecule has 1 heterocycles. The Kier molecular flexibility index (Phi) is 4.77. The van der Waals surface area contributed by atoms with Crippen molar-refractivity contribution in [3.63, 3.8) is 0 Å². The number of nitrogens with one attached hydrogen (secondary N) is 1. The number of hydrogen-bond acceptors (Lipinski definition) is 3. The number of hydrogen-bond donors (Lipinski definition) is 1. The van der Waals surface area contributed by atoms with Gasteiger partial charge in [-0.05, 0) is 25.8 Å². The van der Waals surface area contributed by atoms with Gasteiger partial charge >= 0.3 is 0 Å². The molecule has 0 aromatic carbocycles. The summed E-state index contributed by atoms with van der Waals surface area (Å²) < 4.78 is 0. The van der Waals surface area contributed by atoms with E-state index in [0.29, 0.717) is 17.7 Å². The fourth-order valence-electron chi connectivity index (χ4n) is 2.65. The van der Waals surface area contributed by atoms with Crippen LogP contribution in [0.5, 0.6) is 0 Å². The Hall–Kier alpha value is -1.84. The summed E-state index contributed by atoms with van der Waals surface area (Å²) in [6.07, 6.45) is 11.5. The lowest BCUT2D eigenvalue weighted by Crippen LogP contribution is -2.37. The van der Waals surface area contributed by atoms with Crippen LogP contribution in [0, 0.1) is 0 Å². The lowest BCUT2D eigenvalue weighted by atomic mass is 9.96. The van der Waals surface area contributed by atoms with Crippen molar-refractivity contribution in [3.05, 3.63) is 36.2 Å². The van der Waals surface area contributed by atoms with E-state index in [-0.39, 0.29) is 5.91 Å². The molecule has 1 N–H and O–H groups in total. The van der Waals surface area contributed by atoms with Crippen LogP contribution in [0.15, 0.2) is 41.2 Å². The van der Waals surface area contributed by atoms with Crippen LogP contribution in [-0.4, -0.2) is 29.7 Å². The second kappa shape index (κ2) is 6.55. The van der Waals surface area contributed by atoms with Crippen LogP contribution < -0.4 is 5.32 Å². The summed E-state index contributed by atoms with van der Waals surface area (Å²) in [6.45, 7) is 5.92. The van der Waals surface area contributed by atoms with E-state index in [4.69, 9.17) is 0 Å². The maximum atomic E-state index is 11.7. The molecular weight excluding hydrogens is 250 g/mol. The molecule has 0 radical (unpaired) electrons. The number of rotatable bonds is 3. The van der Waals surface area contributed by atoms with Gasteiger partial charge in [-0.2, -0.15) is 0 Å². The molecule has 0 unspecified atom stereocenters. The summed E-state index contributed by atoms with van der Waals surface area (Å²) in [4.78, 5) is 17.8. The fourth-order valence-corrected chi connectivity index (χ4v) is 2.65. The van der Waals surface area contributed by atoms with E-state index in [1.165, 1.54) is 32.1 Å². The van der Waals surface area contributed by atoms with Crippen LogP contribution in [0.1, 0.15) is 39.0 Å². The van der Waals surface area contributed by atoms with Gasteiger partial charge in [0.1, 0.15) is 11.7 Å². The second-order valence-electron chi connectivity index (χ2n) is 5.34. The number of aliphatic imine (C=N–C) groups is 1. The van der Waals surface area contributed by atoms with E-state index in [2.05, 4.69) is 16.9 Å². The number of likely N-dealkylation sites (N-methyl/N-ethyl adjacent to an activating group) is 1. The first kappa shape index (κ1) is 14.6. The molecule has 0 aromatic rings. The van der Waals surface area contributed by atoms with E-state index in [0.717, 1.165) is 5.57 Å². The van der Waals surface area contributed by atoms with Crippen molar-refractivity contribution in [1.82, 2.24) is 10.2 Å². The van der Waals surface area contributed by atoms with Gasteiger partial charge in [-0.3, -0.25) is 9.69 Å². The van der Waals surface area contributed by atoms with Crippen molar-refractivity contribution >= 4 is 11.7 Å². The van der Waals surface area contributed by atoms with E-state index in [9.17, 15) is 4.79 Å². The van der Waals surface area contributed by atoms with Crippen LogP contribution >= 0.6 is 0 Å². The lowest BCUT2D eigenvalue weighted by Gasteiger charge is -2.26. The van der Waals surface area contributed by atoms with Crippen LogP contribution in [0.25, 0.3) is 0 Å². The van der Waals surface area contributed by atoms with Crippen molar-refractivity contribution in [2.24, 2.45) is 4.99 Å². The van der Waals surface area contributed by atoms with Crippen molar-refractivity contribution in [2.45, 2.75) is 45.1 Å². The quantitative estimate of drug-likeness (QED) is 0.859. The Bertz CT molecular complexity index is 482. The maximum Gasteiger partial charge on any atom is 0.251 e. The molecular formula is C16H23N3O. The van der Waals surface area contributed by atoms with E-state index >= 15 is 0 Å². The molecule has 0 aromatic heterocycles. The third kappa shape index (κ3) is 3.38. The molecule has 2 rings (SSSR count). The number of nitrogens with zero attached hydrogens (tertiary/aromatic N) is 2. The van der Waals surface area contributed by atoms with Crippen LogP contribution in [0.3, 0.4) is 0 Å². The first-order valence-electron chi connectivity index (χ1n) is 7.28. The van der Waals surface area contributed by atoms with Crippen molar-refractivity contribution in [1.29, 1.82) is 0 Å². The summed E-state index contributed by atoms with van der Waals surface area (Å²) in [5, 5.41) is 3.37. The zero-order valence-electron chi connectivity index (χ0n) is 12.4. The summed E-state index contributed by atoms with van der Waals surface area (Å²) in [5.74, 6) is 1.24. The standard InChI is InChI=1S/C16H23N3O/c1-4-13-10-11-15(20)19(3)16(13)18-12(2)17-14-8-6-5-7-9-14/h4,10-11,14,17H,2,5-9H2,1,3H3/b13-4-,18-16+. The maximum absolute atomic E-state index is 11.7. The summed E-state index contributed by atoms with van der Waals surface area (Å²) in [6, 6.07) is 0.467. The van der Waals surface area contributed by atoms with Gasteiger partial charge in [-0.1, -0.05) is 31.9 Å². The van der Waals surface area contributed by atoms with Gasteiger partial charge in [0, 0.05) is 24.7 Å². The molecule has 4 heteroatoms. The molecule has 0 atom stereocenters. The topological polar surface area (TPSA) is 44.7 Å². The Morgan fingerprint density at radius 2 is 2.10 bits per heavy atom. The van der Waals surface area contributed by atoms with Crippen molar-refractivity contribution in [2.75, 3.05) is 7.05 Å².